The van der Waals surface area contributed by atoms with Crippen LogP contribution in [0.2, 0.25) is 0 Å². The van der Waals surface area contributed by atoms with Crippen LogP contribution in [-0.4, -0.2) is 79.3 Å². The van der Waals surface area contributed by atoms with E-state index in [9.17, 15) is 13.5 Å². The molecule has 118 valence electrons. The van der Waals surface area contributed by atoms with Gasteiger partial charge in [0.25, 0.3) is 0 Å². The zero-order chi connectivity index (χ0) is 14.8. The van der Waals surface area contributed by atoms with Crippen LogP contribution in [0.3, 0.4) is 0 Å². The number of piperidine rings is 1. The predicted molar refractivity (Wildman–Crippen MR) is 83.5 cm³/mol. The Labute approximate surface area is 126 Å². The summed E-state index contributed by atoms with van der Waals surface area (Å²) in [5.41, 5.74) is 0. The van der Waals surface area contributed by atoms with Crippen molar-refractivity contribution in [2.45, 2.75) is 31.4 Å². The van der Waals surface area contributed by atoms with Gasteiger partial charge in [-0.1, -0.05) is 0 Å². The van der Waals surface area contributed by atoms with Crippen molar-refractivity contribution in [2.75, 3.05) is 44.4 Å². The molecule has 0 aliphatic carbocycles. The molecule has 2 saturated heterocycles. The fourth-order valence-corrected chi connectivity index (χ4v) is 5.37. The maximum atomic E-state index is 11.6. The number of aliphatic hydroxyl groups excluding tert-OH is 1. The second-order valence-corrected chi connectivity index (χ2v) is 9.19. The van der Waals surface area contributed by atoms with Crippen LogP contribution in [0.1, 0.15) is 19.3 Å². The lowest BCUT2D eigenvalue weighted by Crippen LogP contribution is -2.48. The fraction of sp³-hybridized carbons (Fsp3) is 1.00. The van der Waals surface area contributed by atoms with Gasteiger partial charge in [-0.25, -0.2) is 12.7 Å². The SMILES string of the molecule is CN1CCSCC1C(O)CC1CCCN(S(C)(=O)=O)C1. The Bertz CT molecular complexity index is 416. The summed E-state index contributed by atoms with van der Waals surface area (Å²) in [7, 11) is -1.03. The zero-order valence-corrected chi connectivity index (χ0v) is 14.0. The average Bonchev–Trinajstić information content (AvgIpc) is 2.38. The van der Waals surface area contributed by atoms with Crippen molar-refractivity contribution in [3.63, 3.8) is 0 Å². The van der Waals surface area contributed by atoms with Crippen molar-refractivity contribution in [1.29, 1.82) is 0 Å². The largest absolute Gasteiger partial charge is 0.391 e. The Balaban J connectivity index is 1.89. The molecule has 3 unspecified atom stereocenters. The maximum Gasteiger partial charge on any atom is 0.211 e. The smallest absolute Gasteiger partial charge is 0.211 e. The molecule has 2 rings (SSSR count). The third-order valence-corrected chi connectivity index (χ3v) is 6.73. The van der Waals surface area contributed by atoms with Gasteiger partial charge in [-0.15, -0.1) is 0 Å². The van der Waals surface area contributed by atoms with E-state index in [0.717, 1.165) is 30.9 Å². The molecule has 0 amide bonds. The summed E-state index contributed by atoms with van der Waals surface area (Å²) in [6, 6.07) is 0.211. The van der Waals surface area contributed by atoms with E-state index < -0.39 is 10.0 Å². The molecular formula is C13H26N2O3S2. The Morgan fingerprint density at radius 2 is 2.15 bits per heavy atom. The van der Waals surface area contributed by atoms with Crippen LogP contribution < -0.4 is 0 Å². The van der Waals surface area contributed by atoms with Gasteiger partial charge in [-0.3, -0.25) is 4.90 Å². The standard InChI is InChI=1S/C13H26N2O3S2/c1-14-6-7-19-10-12(14)13(16)8-11-4-3-5-15(9-11)20(2,17)18/h11-13,16H,3-10H2,1-2H3. The van der Waals surface area contributed by atoms with E-state index in [1.165, 1.54) is 6.26 Å². The van der Waals surface area contributed by atoms with E-state index in [1.807, 2.05) is 11.8 Å². The fourth-order valence-electron chi connectivity index (χ4n) is 3.13. The lowest BCUT2D eigenvalue weighted by molar-refractivity contribution is 0.0485. The Morgan fingerprint density at radius 3 is 2.80 bits per heavy atom. The highest BCUT2D eigenvalue weighted by Gasteiger charge is 2.32. The molecule has 0 aromatic rings. The second-order valence-electron chi connectivity index (χ2n) is 6.06. The highest BCUT2D eigenvalue weighted by atomic mass is 32.2. The minimum Gasteiger partial charge on any atom is -0.391 e. The van der Waals surface area contributed by atoms with Crippen molar-refractivity contribution in [2.24, 2.45) is 5.92 Å². The normalized spacial score (nSPS) is 32.1. The minimum absolute atomic E-state index is 0.211. The molecule has 2 aliphatic rings. The first-order chi connectivity index (χ1) is 9.38. The molecule has 0 aromatic carbocycles. The van der Waals surface area contributed by atoms with Gasteiger partial charge >= 0.3 is 0 Å². The molecule has 0 spiro atoms. The van der Waals surface area contributed by atoms with Gasteiger partial charge in [0.1, 0.15) is 0 Å². The van der Waals surface area contributed by atoms with E-state index >= 15 is 0 Å². The molecule has 5 nitrogen and oxygen atoms in total. The first-order valence-corrected chi connectivity index (χ1v) is 10.3. The van der Waals surface area contributed by atoms with Crippen molar-refractivity contribution in [1.82, 2.24) is 9.21 Å². The number of hydrogen-bond acceptors (Lipinski definition) is 5. The Hall–Kier alpha value is 0.180. The molecule has 3 atom stereocenters. The van der Waals surface area contributed by atoms with E-state index in [-0.39, 0.29) is 18.1 Å². The highest BCUT2D eigenvalue weighted by molar-refractivity contribution is 7.99. The van der Waals surface area contributed by atoms with E-state index in [1.54, 1.807) is 4.31 Å². The van der Waals surface area contributed by atoms with Crippen LogP contribution in [0, 0.1) is 5.92 Å². The molecule has 2 aliphatic heterocycles. The number of sulfonamides is 1. The summed E-state index contributed by atoms with van der Waals surface area (Å²) >= 11 is 1.89. The van der Waals surface area contributed by atoms with Gasteiger partial charge in [-0.05, 0) is 32.2 Å². The number of nitrogens with zero attached hydrogens (tertiary/aromatic N) is 2. The van der Waals surface area contributed by atoms with Crippen LogP contribution in [0.4, 0.5) is 0 Å². The molecule has 20 heavy (non-hydrogen) atoms. The lowest BCUT2D eigenvalue weighted by atomic mass is 9.91. The first kappa shape index (κ1) is 16.5. The summed E-state index contributed by atoms with van der Waals surface area (Å²) < 4.78 is 24.8. The van der Waals surface area contributed by atoms with Gasteiger partial charge in [0.05, 0.1) is 12.4 Å². The van der Waals surface area contributed by atoms with Crippen molar-refractivity contribution >= 4 is 21.8 Å². The maximum absolute atomic E-state index is 11.6. The van der Waals surface area contributed by atoms with Crippen molar-refractivity contribution in [3.05, 3.63) is 0 Å². The van der Waals surface area contributed by atoms with E-state index in [2.05, 4.69) is 11.9 Å². The molecule has 2 fully saturated rings. The quantitative estimate of drug-likeness (QED) is 0.815. The Morgan fingerprint density at radius 1 is 1.40 bits per heavy atom. The third-order valence-electron chi connectivity index (χ3n) is 4.41. The lowest BCUT2D eigenvalue weighted by Gasteiger charge is -2.38. The van der Waals surface area contributed by atoms with E-state index in [0.29, 0.717) is 19.5 Å². The van der Waals surface area contributed by atoms with Crippen molar-refractivity contribution < 1.29 is 13.5 Å². The van der Waals surface area contributed by atoms with E-state index in [4.69, 9.17) is 0 Å². The number of rotatable bonds is 4. The number of likely N-dealkylation sites (N-methyl/N-ethyl adjacent to an activating group) is 1. The average molecular weight is 322 g/mol. The highest BCUT2D eigenvalue weighted by Crippen LogP contribution is 2.26. The van der Waals surface area contributed by atoms with Gasteiger partial charge in [0.15, 0.2) is 0 Å². The molecule has 0 radical (unpaired) electrons. The second kappa shape index (κ2) is 6.96. The monoisotopic (exact) mass is 322 g/mol. The molecule has 0 saturated carbocycles. The number of hydrogen-bond donors (Lipinski definition) is 1. The predicted octanol–water partition coefficient (Wildman–Crippen LogP) is 0.456. The topological polar surface area (TPSA) is 60.9 Å². The summed E-state index contributed by atoms with van der Waals surface area (Å²) in [6.07, 6.45) is 3.56. The molecular weight excluding hydrogens is 296 g/mol. The minimum atomic E-state index is -3.09. The third kappa shape index (κ3) is 4.34. The molecule has 1 N–H and O–H groups in total. The molecule has 2 heterocycles. The summed E-state index contributed by atoms with van der Waals surface area (Å²) in [6.45, 7) is 2.22. The number of aliphatic hydroxyl groups is 1. The van der Waals surface area contributed by atoms with Gasteiger partial charge in [0, 0.05) is 37.2 Å². The first-order valence-electron chi connectivity index (χ1n) is 7.29. The molecule has 0 bridgehead atoms. The molecule has 7 heteroatoms. The number of thioether (sulfide) groups is 1. The van der Waals surface area contributed by atoms with Crippen LogP contribution in [0.25, 0.3) is 0 Å². The van der Waals surface area contributed by atoms with Gasteiger partial charge < -0.3 is 5.11 Å². The zero-order valence-electron chi connectivity index (χ0n) is 12.4. The van der Waals surface area contributed by atoms with Crippen molar-refractivity contribution in [3.8, 4) is 0 Å². The van der Waals surface area contributed by atoms with Gasteiger partial charge in [-0.2, -0.15) is 11.8 Å². The van der Waals surface area contributed by atoms with Gasteiger partial charge in [0.2, 0.25) is 10.0 Å². The van der Waals surface area contributed by atoms with Crippen LogP contribution in [-0.2, 0) is 10.0 Å². The molecule has 0 aromatic heterocycles. The van der Waals surface area contributed by atoms with Crippen LogP contribution in [0.5, 0.6) is 0 Å². The summed E-state index contributed by atoms with van der Waals surface area (Å²) in [4.78, 5) is 2.23. The summed E-state index contributed by atoms with van der Waals surface area (Å²) in [5, 5.41) is 10.5. The van der Waals surface area contributed by atoms with Crippen LogP contribution in [0.15, 0.2) is 0 Å². The Kier molecular flexibility index (Phi) is 5.76. The van der Waals surface area contributed by atoms with Crippen LogP contribution >= 0.6 is 11.8 Å². The summed E-state index contributed by atoms with van der Waals surface area (Å²) in [5.74, 6) is 2.39.